The molecule has 0 aliphatic rings. The lowest BCUT2D eigenvalue weighted by Crippen LogP contribution is -2.23. The summed E-state index contributed by atoms with van der Waals surface area (Å²) in [5.74, 6) is 0. The Labute approximate surface area is 131 Å². The van der Waals surface area contributed by atoms with Crippen LogP contribution >= 0.6 is 0 Å². The number of fused-ring (bicyclic) bond motifs is 1. The van der Waals surface area contributed by atoms with Crippen LogP contribution < -0.4 is 5.56 Å². The van der Waals surface area contributed by atoms with Crippen molar-refractivity contribution >= 4 is 5.52 Å². The van der Waals surface area contributed by atoms with Crippen molar-refractivity contribution < 1.29 is 22.0 Å². The third kappa shape index (κ3) is 2.55. The third-order valence-electron chi connectivity index (χ3n) is 3.58. The highest BCUT2D eigenvalue weighted by Gasteiger charge is 2.30. The van der Waals surface area contributed by atoms with Crippen molar-refractivity contribution in [2.75, 3.05) is 0 Å². The number of aryl methyl sites for hydroxylation is 1. The Morgan fingerprint density at radius 2 is 1.75 bits per heavy atom. The molecule has 0 aliphatic carbocycles. The van der Waals surface area contributed by atoms with Gasteiger partial charge in [-0.05, 0) is 31.2 Å². The van der Waals surface area contributed by atoms with E-state index in [1.165, 1.54) is 13.1 Å². The van der Waals surface area contributed by atoms with E-state index in [2.05, 4.69) is 5.10 Å². The Balaban J connectivity index is 2.25. The van der Waals surface area contributed by atoms with Gasteiger partial charge in [-0.3, -0.25) is 9.36 Å². The monoisotopic (exact) mass is 343 g/mol. The summed E-state index contributed by atoms with van der Waals surface area (Å²) in [6.07, 6.45) is -5.27. The first-order valence-electron chi connectivity index (χ1n) is 6.76. The molecule has 0 bridgehead atoms. The minimum Gasteiger partial charge on any atom is -0.280 e. The summed E-state index contributed by atoms with van der Waals surface area (Å²) in [6, 6.07) is 3.69. The molecule has 0 radical (unpaired) electrons. The van der Waals surface area contributed by atoms with Gasteiger partial charge in [0, 0.05) is 17.4 Å². The fourth-order valence-corrected chi connectivity index (χ4v) is 2.40. The second kappa shape index (κ2) is 5.43. The number of halogens is 5. The van der Waals surface area contributed by atoms with E-state index in [0.717, 1.165) is 39.5 Å². The van der Waals surface area contributed by atoms with Gasteiger partial charge in [0.2, 0.25) is 0 Å². The number of nitrogens with zero attached hydrogens (tertiary/aromatic N) is 3. The van der Waals surface area contributed by atoms with E-state index >= 15 is 0 Å². The molecule has 3 aromatic rings. The summed E-state index contributed by atoms with van der Waals surface area (Å²) in [4.78, 5) is 12.5. The zero-order valence-corrected chi connectivity index (χ0v) is 12.2. The zero-order chi connectivity index (χ0) is 17.6. The molecule has 0 saturated heterocycles. The molecule has 0 unspecified atom stereocenters. The van der Waals surface area contributed by atoms with Gasteiger partial charge >= 0.3 is 6.18 Å². The van der Waals surface area contributed by atoms with Crippen LogP contribution in [0.5, 0.6) is 0 Å². The van der Waals surface area contributed by atoms with Gasteiger partial charge in [0.1, 0.15) is 11.2 Å². The molecule has 3 rings (SSSR count). The van der Waals surface area contributed by atoms with Crippen molar-refractivity contribution in [3.05, 3.63) is 63.8 Å². The molecule has 0 saturated carbocycles. The number of alkyl halides is 5. The molecule has 2 heterocycles. The average Bonchev–Trinajstić information content (AvgIpc) is 2.89. The number of hydrogen-bond acceptors (Lipinski definition) is 2. The Hall–Kier alpha value is -2.71. The van der Waals surface area contributed by atoms with E-state index in [0.29, 0.717) is 5.56 Å². The average molecular weight is 343 g/mol. The first kappa shape index (κ1) is 16.2. The van der Waals surface area contributed by atoms with Crippen molar-refractivity contribution in [2.45, 2.75) is 19.5 Å². The largest absolute Gasteiger partial charge is 0.416 e. The standard InChI is InChI=1S/C15H10F5N3O/c1-8-6-21-23-11(13(16)17)7-22(14(24)12(8)23)10-4-2-9(3-5-10)15(18,19)20/h2-7,13H,1H3. The van der Waals surface area contributed by atoms with E-state index < -0.39 is 29.4 Å². The Bertz CT molecular complexity index is 954. The highest BCUT2D eigenvalue weighted by molar-refractivity contribution is 5.54. The van der Waals surface area contributed by atoms with E-state index in [1.54, 1.807) is 0 Å². The molecule has 0 aliphatic heterocycles. The fraction of sp³-hybridized carbons (Fsp3) is 0.200. The van der Waals surface area contributed by atoms with Crippen molar-refractivity contribution in [2.24, 2.45) is 0 Å². The highest BCUT2D eigenvalue weighted by atomic mass is 19.4. The van der Waals surface area contributed by atoms with Crippen LogP contribution in [-0.4, -0.2) is 14.2 Å². The van der Waals surface area contributed by atoms with Crippen molar-refractivity contribution in [1.82, 2.24) is 14.2 Å². The first-order chi connectivity index (χ1) is 11.2. The van der Waals surface area contributed by atoms with Crippen LogP contribution in [0.4, 0.5) is 22.0 Å². The SMILES string of the molecule is Cc1cnn2c(C(F)F)cn(-c3ccc(C(F)(F)F)cc3)c(=O)c12. The van der Waals surface area contributed by atoms with Gasteiger partial charge in [0.15, 0.2) is 0 Å². The molecule has 9 heteroatoms. The van der Waals surface area contributed by atoms with Crippen LogP contribution in [0.3, 0.4) is 0 Å². The molecule has 2 aromatic heterocycles. The maximum absolute atomic E-state index is 13.2. The van der Waals surface area contributed by atoms with Crippen LogP contribution in [0.15, 0.2) is 41.5 Å². The minimum absolute atomic E-state index is 0.0484. The van der Waals surface area contributed by atoms with Gasteiger partial charge in [-0.25, -0.2) is 13.3 Å². The summed E-state index contributed by atoms with van der Waals surface area (Å²) < 4.78 is 66.0. The first-order valence-corrected chi connectivity index (χ1v) is 6.76. The second-order valence-electron chi connectivity index (χ2n) is 5.16. The molecular weight excluding hydrogens is 333 g/mol. The van der Waals surface area contributed by atoms with E-state index in [9.17, 15) is 26.7 Å². The van der Waals surface area contributed by atoms with E-state index in [1.807, 2.05) is 0 Å². The Kier molecular flexibility index (Phi) is 3.66. The number of rotatable bonds is 2. The van der Waals surface area contributed by atoms with Gasteiger partial charge in [-0.1, -0.05) is 0 Å². The molecule has 0 fully saturated rings. The molecule has 1 aromatic carbocycles. The van der Waals surface area contributed by atoms with Gasteiger partial charge in [-0.2, -0.15) is 18.3 Å². The fourth-order valence-electron chi connectivity index (χ4n) is 2.40. The summed E-state index contributed by atoms with van der Waals surface area (Å²) in [5.41, 5.74) is -1.67. The lowest BCUT2D eigenvalue weighted by atomic mass is 10.2. The predicted molar refractivity (Wildman–Crippen MR) is 75.5 cm³/mol. The maximum atomic E-state index is 13.2. The molecule has 24 heavy (non-hydrogen) atoms. The highest BCUT2D eigenvalue weighted by Crippen LogP contribution is 2.29. The Morgan fingerprint density at radius 1 is 1.12 bits per heavy atom. The minimum atomic E-state index is -4.52. The van der Waals surface area contributed by atoms with Crippen LogP contribution in [0, 0.1) is 6.92 Å². The van der Waals surface area contributed by atoms with Crippen LogP contribution in [0.2, 0.25) is 0 Å². The normalized spacial score (nSPS) is 12.3. The smallest absolute Gasteiger partial charge is 0.280 e. The lowest BCUT2D eigenvalue weighted by molar-refractivity contribution is -0.137. The van der Waals surface area contributed by atoms with Gasteiger partial charge < -0.3 is 0 Å². The molecular formula is C15H10F5N3O. The van der Waals surface area contributed by atoms with Crippen LogP contribution in [0.1, 0.15) is 23.2 Å². The van der Waals surface area contributed by atoms with Crippen molar-refractivity contribution in [3.8, 4) is 5.69 Å². The number of benzene rings is 1. The zero-order valence-electron chi connectivity index (χ0n) is 12.2. The molecule has 0 N–H and O–H groups in total. The summed E-state index contributed by atoms with van der Waals surface area (Å²) in [5, 5.41) is 3.76. The summed E-state index contributed by atoms with van der Waals surface area (Å²) >= 11 is 0. The van der Waals surface area contributed by atoms with Crippen molar-refractivity contribution in [3.63, 3.8) is 0 Å². The van der Waals surface area contributed by atoms with Crippen LogP contribution in [-0.2, 0) is 6.18 Å². The molecule has 0 spiro atoms. The summed E-state index contributed by atoms with van der Waals surface area (Å²) in [6.45, 7) is 1.54. The van der Waals surface area contributed by atoms with Gasteiger partial charge in [-0.15, -0.1) is 0 Å². The van der Waals surface area contributed by atoms with Crippen molar-refractivity contribution in [1.29, 1.82) is 0 Å². The van der Waals surface area contributed by atoms with E-state index in [4.69, 9.17) is 0 Å². The molecule has 0 amide bonds. The quantitative estimate of drug-likeness (QED) is 0.665. The number of aromatic nitrogens is 3. The predicted octanol–water partition coefficient (Wildman–Crippen LogP) is 3.75. The van der Waals surface area contributed by atoms with Crippen LogP contribution in [0.25, 0.3) is 11.2 Å². The second-order valence-corrected chi connectivity index (χ2v) is 5.16. The summed E-state index contributed by atoms with van der Waals surface area (Å²) in [7, 11) is 0. The third-order valence-corrected chi connectivity index (χ3v) is 3.58. The van der Waals surface area contributed by atoms with E-state index in [-0.39, 0.29) is 11.2 Å². The molecule has 0 atom stereocenters. The molecule has 4 nitrogen and oxygen atoms in total. The lowest BCUT2D eigenvalue weighted by Gasteiger charge is -2.12. The topological polar surface area (TPSA) is 39.3 Å². The maximum Gasteiger partial charge on any atom is 0.416 e. The molecule has 126 valence electrons. The Morgan fingerprint density at radius 3 is 2.29 bits per heavy atom. The van der Waals surface area contributed by atoms with Gasteiger partial charge in [0.25, 0.3) is 12.0 Å². The number of hydrogen-bond donors (Lipinski definition) is 0. The van der Waals surface area contributed by atoms with Gasteiger partial charge in [0.05, 0.1) is 11.8 Å².